The van der Waals surface area contributed by atoms with Crippen LogP contribution in [0.5, 0.6) is 0 Å². The summed E-state index contributed by atoms with van der Waals surface area (Å²) in [5.74, 6) is -1.63. The first-order chi connectivity index (χ1) is 8.99. The number of carboxylic acids is 1. The number of hydrogen-bond donors (Lipinski definition) is 1. The fourth-order valence-electron chi connectivity index (χ4n) is 1.58. The molecule has 2 aromatic rings. The Morgan fingerprint density at radius 2 is 1.89 bits per heavy atom. The molecule has 0 aliphatic rings. The van der Waals surface area contributed by atoms with Crippen molar-refractivity contribution in [1.29, 1.82) is 0 Å². The van der Waals surface area contributed by atoms with Crippen LogP contribution in [0.2, 0.25) is 5.02 Å². The summed E-state index contributed by atoms with van der Waals surface area (Å²) in [5.41, 5.74) is 1.19. The van der Waals surface area contributed by atoms with Gasteiger partial charge in [0.05, 0.1) is 10.8 Å². The van der Waals surface area contributed by atoms with Crippen LogP contribution in [-0.4, -0.2) is 16.9 Å². The summed E-state index contributed by atoms with van der Waals surface area (Å²) in [6, 6.07) is 8.27. The number of carboxylic acid groups (broad SMARTS) is 1. The summed E-state index contributed by atoms with van der Waals surface area (Å²) in [5, 5.41) is 11.2. The summed E-state index contributed by atoms with van der Waals surface area (Å²) < 4.78 is 0. The van der Waals surface area contributed by atoms with Crippen molar-refractivity contribution in [2.75, 3.05) is 0 Å². The molecule has 1 aromatic carbocycles. The molecule has 98 valence electrons. The lowest BCUT2D eigenvalue weighted by Crippen LogP contribution is -2.06. The molecule has 0 spiro atoms. The molecule has 0 aliphatic heterocycles. The molecule has 0 fully saturated rings. The second-order valence-corrected chi connectivity index (χ2v) is 5.49. The number of thiophene rings is 1. The van der Waals surface area contributed by atoms with Gasteiger partial charge in [0, 0.05) is 10.6 Å². The van der Waals surface area contributed by atoms with Gasteiger partial charge in [0.1, 0.15) is 0 Å². The fraction of sp³-hybridized carbons (Fsp3) is 0.143. The molecule has 1 aromatic heterocycles. The van der Waals surface area contributed by atoms with Crippen LogP contribution in [0.1, 0.15) is 33.6 Å². The molecule has 0 radical (unpaired) electrons. The van der Waals surface area contributed by atoms with Crippen LogP contribution in [-0.2, 0) is 4.79 Å². The number of carbonyl (C=O) groups is 2. The number of aliphatic carboxylic acids is 1. The van der Waals surface area contributed by atoms with E-state index in [9.17, 15) is 9.59 Å². The lowest BCUT2D eigenvalue weighted by Gasteiger charge is -2.01. The van der Waals surface area contributed by atoms with Crippen molar-refractivity contribution in [3.8, 4) is 0 Å². The average Bonchev–Trinajstić information content (AvgIpc) is 2.87. The zero-order valence-corrected chi connectivity index (χ0v) is 11.7. The fourth-order valence-corrected chi connectivity index (χ4v) is 2.67. The van der Waals surface area contributed by atoms with Gasteiger partial charge in [-0.15, -0.1) is 11.3 Å². The standard InChI is InChI=1S/C14H11ClO3S/c1-8(14(17)18)10-6-12(19-7-10)13(16)9-2-4-11(15)5-3-9/h2-8H,1H3,(H,17,18). The number of carbonyl (C=O) groups excluding carboxylic acids is 1. The third-order valence-corrected chi connectivity index (χ3v) is 4.02. The Balaban J connectivity index is 2.25. The van der Waals surface area contributed by atoms with E-state index in [4.69, 9.17) is 16.7 Å². The monoisotopic (exact) mass is 294 g/mol. The first-order valence-electron chi connectivity index (χ1n) is 5.60. The van der Waals surface area contributed by atoms with E-state index in [1.807, 2.05) is 0 Å². The van der Waals surface area contributed by atoms with Crippen molar-refractivity contribution >= 4 is 34.7 Å². The Morgan fingerprint density at radius 3 is 2.47 bits per heavy atom. The molecule has 0 saturated carbocycles. The van der Waals surface area contributed by atoms with Crippen molar-refractivity contribution in [3.05, 3.63) is 56.7 Å². The van der Waals surface area contributed by atoms with Crippen LogP contribution in [0.3, 0.4) is 0 Å². The molecule has 5 heteroatoms. The molecule has 1 unspecified atom stereocenters. The smallest absolute Gasteiger partial charge is 0.310 e. The van der Waals surface area contributed by atoms with Crippen LogP contribution in [0, 0.1) is 0 Å². The molecule has 1 atom stereocenters. The summed E-state index contributed by atoms with van der Waals surface area (Å²) >= 11 is 7.03. The van der Waals surface area contributed by atoms with Gasteiger partial charge in [0.25, 0.3) is 0 Å². The Bertz CT molecular complexity index is 616. The second-order valence-electron chi connectivity index (χ2n) is 4.14. The molecule has 0 saturated heterocycles. The van der Waals surface area contributed by atoms with E-state index in [-0.39, 0.29) is 5.78 Å². The first-order valence-corrected chi connectivity index (χ1v) is 6.86. The molecular weight excluding hydrogens is 284 g/mol. The van der Waals surface area contributed by atoms with E-state index in [2.05, 4.69) is 0 Å². The second kappa shape index (κ2) is 5.55. The topological polar surface area (TPSA) is 54.4 Å². The predicted molar refractivity (Wildman–Crippen MR) is 75.3 cm³/mol. The minimum absolute atomic E-state index is 0.120. The summed E-state index contributed by atoms with van der Waals surface area (Å²) in [6.45, 7) is 1.60. The molecule has 19 heavy (non-hydrogen) atoms. The van der Waals surface area contributed by atoms with E-state index >= 15 is 0 Å². The maximum Gasteiger partial charge on any atom is 0.310 e. The molecule has 0 amide bonds. The average molecular weight is 295 g/mol. The van der Waals surface area contributed by atoms with Gasteiger partial charge in [-0.05, 0) is 48.2 Å². The summed E-state index contributed by atoms with van der Waals surface area (Å²) in [7, 11) is 0. The van der Waals surface area contributed by atoms with Crippen LogP contribution in [0.25, 0.3) is 0 Å². The van der Waals surface area contributed by atoms with Gasteiger partial charge >= 0.3 is 5.97 Å². The maximum atomic E-state index is 12.2. The van der Waals surface area contributed by atoms with E-state index in [1.54, 1.807) is 42.6 Å². The zero-order chi connectivity index (χ0) is 14.0. The number of benzene rings is 1. The summed E-state index contributed by atoms with van der Waals surface area (Å²) in [4.78, 5) is 23.6. The highest BCUT2D eigenvalue weighted by Crippen LogP contribution is 2.25. The normalized spacial score (nSPS) is 12.1. The van der Waals surface area contributed by atoms with Crippen molar-refractivity contribution in [2.45, 2.75) is 12.8 Å². The minimum atomic E-state index is -0.900. The molecule has 2 rings (SSSR count). The highest BCUT2D eigenvalue weighted by Gasteiger charge is 2.18. The predicted octanol–water partition coefficient (Wildman–Crippen LogP) is 3.82. The van der Waals surface area contributed by atoms with Crippen molar-refractivity contribution in [3.63, 3.8) is 0 Å². The molecule has 1 heterocycles. The minimum Gasteiger partial charge on any atom is -0.481 e. The van der Waals surface area contributed by atoms with E-state index in [0.717, 1.165) is 0 Å². The Kier molecular flexibility index (Phi) is 4.02. The first kappa shape index (κ1) is 13.8. The van der Waals surface area contributed by atoms with Gasteiger partial charge in [0.2, 0.25) is 5.78 Å². The van der Waals surface area contributed by atoms with E-state index in [0.29, 0.717) is 21.0 Å². The van der Waals surface area contributed by atoms with Gasteiger partial charge in [-0.25, -0.2) is 0 Å². The van der Waals surface area contributed by atoms with Crippen molar-refractivity contribution in [2.24, 2.45) is 0 Å². The number of halogens is 1. The van der Waals surface area contributed by atoms with Crippen molar-refractivity contribution < 1.29 is 14.7 Å². The van der Waals surface area contributed by atoms with Gasteiger partial charge in [-0.1, -0.05) is 11.6 Å². The Hall–Kier alpha value is -1.65. The van der Waals surface area contributed by atoms with Crippen molar-refractivity contribution in [1.82, 2.24) is 0 Å². The quantitative estimate of drug-likeness (QED) is 0.872. The van der Waals surface area contributed by atoms with Crippen LogP contribution in [0.4, 0.5) is 0 Å². The van der Waals surface area contributed by atoms with Gasteiger partial charge in [0.15, 0.2) is 0 Å². The van der Waals surface area contributed by atoms with Gasteiger partial charge < -0.3 is 5.11 Å². The lowest BCUT2D eigenvalue weighted by atomic mass is 10.0. The lowest BCUT2D eigenvalue weighted by molar-refractivity contribution is -0.138. The zero-order valence-electron chi connectivity index (χ0n) is 10.1. The maximum absolute atomic E-state index is 12.2. The van der Waals surface area contributed by atoms with E-state index < -0.39 is 11.9 Å². The third-order valence-electron chi connectivity index (χ3n) is 2.82. The number of ketones is 1. The largest absolute Gasteiger partial charge is 0.481 e. The van der Waals surface area contributed by atoms with Crippen LogP contribution < -0.4 is 0 Å². The van der Waals surface area contributed by atoms with Crippen LogP contribution in [0.15, 0.2) is 35.7 Å². The van der Waals surface area contributed by atoms with Gasteiger partial charge in [-0.3, -0.25) is 9.59 Å². The third kappa shape index (κ3) is 3.03. The molecule has 0 aliphatic carbocycles. The molecule has 1 N–H and O–H groups in total. The molecule has 3 nitrogen and oxygen atoms in total. The highest BCUT2D eigenvalue weighted by atomic mass is 35.5. The SMILES string of the molecule is CC(C(=O)O)c1csc(C(=O)c2ccc(Cl)cc2)c1. The number of rotatable bonds is 4. The Morgan fingerprint density at radius 1 is 1.26 bits per heavy atom. The number of hydrogen-bond acceptors (Lipinski definition) is 3. The summed E-state index contributed by atoms with van der Waals surface area (Å²) in [6.07, 6.45) is 0. The molecule has 0 bridgehead atoms. The van der Waals surface area contributed by atoms with E-state index in [1.165, 1.54) is 11.3 Å². The highest BCUT2D eigenvalue weighted by molar-refractivity contribution is 7.12. The molecular formula is C14H11ClO3S. The van der Waals surface area contributed by atoms with Crippen LogP contribution >= 0.6 is 22.9 Å². The Labute approximate surface area is 119 Å². The van der Waals surface area contributed by atoms with Gasteiger partial charge in [-0.2, -0.15) is 0 Å².